The second-order valence-electron chi connectivity index (χ2n) is 7.15. The van der Waals surface area contributed by atoms with Gasteiger partial charge in [-0.3, -0.25) is 19.8 Å². The topological polar surface area (TPSA) is 80.7 Å². The lowest BCUT2D eigenvalue weighted by Crippen LogP contribution is -2.21. The number of alkyl halides is 2. The van der Waals surface area contributed by atoms with Crippen LogP contribution >= 0.6 is 35.0 Å². The van der Waals surface area contributed by atoms with Crippen molar-refractivity contribution in [2.75, 3.05) is 13.1 Å². The molecule has 0 amide bonds. The molecule has 2 aromatic rings. The Hall–Kier alpha value is -2.22. The largest absolute Gasteiger partial charge is 0.429 e. The van der Waals surface area contributed by atoms with E-state index in [0.29, 0.717) is 41.0 Å². The average Bonchev–Trinajstić information content (AvgIpc) is 3.13. The summed E-state index contributed by atoms with van der Waals surface area (Å²) in [4.78, 5) is 28.7. The van der Waals surface area contributed by atoms with Gasteiger partial charge in [-0.1, -0.05) is 6.08 Å². The Labute approximate surface area is 188 Å². The van der Waals surface area contributed by atoms with Crippen molar-refractivity contribution in [2.45, 2.75) is 29.2 Å². The van der Waals surface area contributed by atoms with Crippen molar-refractivity contribution in [3.05, 3.63) is 48.1 Å². The van der Waals surface area contributed by atoms with Crippen LogP contribution in [-0.2, 0) is 0 Å². The number of rotatable bonds is 4. The van der Waals surface area contributed by atoms with E-state index in [1.165, 1.54) is 18.7 Å². The maximum atomic E-state index is 11.6. The summed E-state index contributed by atoms with van der Waals surface area (Å²) in [5.41, 5.74) is 2.44. The quantitative estimate of drug-likeness (QED) is 0.469. The van der Waals surface area contributed by atoms with Gasteiger partial charge in [-0.25, -0.2) is 4.98 Å². The van der Waals surface area contributed by atoms with E-state index < -0.39 is 4.87 Å². The normalized spacial score (nSPS) is 23.3. The molecular weight excluding hydrogens is 443 g/mol. The Morgan fingerprint density at radius 1 is 1.37 bits per heavy atom. The fraction of sp³-hybridized carbons (Fsp3) is 0.286. The van der Waals surface area contributed by atoms with Gasteiger partial charge >= 0.3 is 0 Å². The summed E-state index contributed by atoms with van der Waals surface area (Å²) in [5.74, 6) is 0.313. The zero-order valence-electron chi connectivity index (χ0n) is 16.3. The van der Waals surface area contributed by atoms with Crippen molar-refractivity contribution in [2.24, 2.45) is 9.98 Å². The maximum Gasteiger partial charge on any atom is 0.229 e. The number of allylic oxidation sites excluding steroid dienone is 1. The first-order valence-corrected chi connectivity index (χ1v) is 10.9. The van der Waals surface area contributed by atoms with Crippen molar-refractivity contribution >= 4 is 57.6 Å². The lowest BCUT2D eigenvalue weighted by atomic mass is 10.0. The van der Waals surface area contributed by atoms with Crippen LogP contribution in [0.25, 0.3) is 16.8 Å². The molecule has 2 atom stereocenters. The number of ketones is 1. The average molecular weight is 461 g/mol. The molecule has 0 fully saturated rings. The van der Waals surface area contributed by atoms with E-state index in [9.17, 15) is 4.79 Å². The van der Waals surface area contributed by atoms with E-state index in [1.54, 1.807) is 24.5 Å². The predicted molar refractivity (Wildman–Crippen MR) is 122 cm³/mol. The number of dihydropyridines is 2. The van der Waals surface area contributed by atoms with Gasteiger partial charge in [-0.05, 0) is 43.0 Å². The highest BCUT2D eigenvalue weighted by atomic mass is 35.5. The summed E-state index contributed by atoms with van der Waals surface area (Å²) in [6, 6.07) is 3.48. The SMILES string of the molecule is CC(=O)c1ccc(-c2nc(C3=CC(C)(Cl)CN=C3)oc2SC2=NCC(Cl)C=C2)cn1. The van der Waals surface area contributed by atoms with Crippen LogP contribution in [0, 0.1) is 0 Å². The number of hydrogen-bond donors (Lipinski definition) is 0. The molecule has 0 radical (unpaired) electrons. The number of aromatic nitrogens is 2. The lowest BCUT2D eigenvalue weighted by Gasteiger charge is -2.18. The van der Waals surface area contributed by atoms with Crippen LogP contribution in [0.3, 0.4) is 0 Å². The van der Waals surface area contributed by atoms with Crippen LogP contribution in [-0.4, -0.2) is 50.4 Å². The Kier molecular flexibility index (Phi) is 5.95. The second-order valence-corrected chi connectivity index (χ2v) is 9.56. The molecule has 0 spiro atoms. The minimum absolute atomic E-state index is 0.0979. The molecular formula is C21H18Cl2N4O2S. The van der Waals surface area contributed by atoms with Gasteiger partial charge in [-0.15, -0.1) is 23.2 Å². The number of oxazole rings is 1. The van der Waals surface area contributed by atoms with Gasteiger partial charge in [0.1, 0.15) is 11.4 Å². The molecule has 0 aliphatic carbocycles. The minimum Gasteiger partial charge on any atom is -0.429 e. The number of carbonyl (C=O) groups excluding carboxylic acids is 1. The van der Waals surface area contributed by atoms with E-state index >= 15 is 0 Å². The number of aliphatic imine (C=N–C) groups is 2. The molecule has 6 nitrogen and oxygen atoms in total. The van der Waals surface area contributed by atoms with Crippen molar-refractivity contribution in [3.8, 4) is 11.3 Å². The van der Waals surface area contributed by atoms with Crippen LogP contribution < -0.4 is 0 Å². The van der Waals surface area contributed by atoms with E-state index in [2.05, 4.69) is 20.0 Å². The van der Waals surface area contributed by atoms with Gasteiger partial charge in [0.15, 0.2) is 10.9 Å². The Bertz CT molecular complexity index is 1100. The van der Waals surface area contributed by atoms with E-state index in [-0.39, 0.29) is 11.2 Å². The number of hydrogen-bond acceptors (Lipinski definition) is 7. The summed E-state index contributed by atoms with van der Waals surface area (Å²) < 4.78 is 6.10. The van der Waals surface area contributed by atoms with Crippen molar-refractivity contribution in [1.82, 2.24) is 9.97 Å². The molecule has 2 aliphatic rings. The molecule has 0 bridgehead atoms. The molecule has 0 saturated heterocycles. The van der Waals surface area contributed by atoms with Gasteiger partial charge in [-0.2, -0.15) is 0 Å². The molecule has 30 heavy (non-hydrogen) atoms. The zero-order valence-corrected chi connectivity index (χ0v) is 18.6. The predicted octanol–water partition coefficient (Wildman–Crippen LogP) is 5.07. The van der Waals surface area contributed by atoms with Crippen LogP contribution in [0.15, 0.2) is 56.1 Å². The lowest BCUT2D eigenvalue weighted by molar-refractivity contribution is 0.101. The third kappa shape index (κ3) is 4.74. The molecule has 9 heteroatoms. The van der Waals surface area contributed by atoms with E-state index in [4.69, 9.17) is 27.6 Å². The van der Waals surface area contributed by atoms with Crippen molar-refractivity contribution in [3.63, 3.8) is 0 Å². The smallest absolute Gasteiger partial charge is 0.229 e. The molecule has 0 saturated carbocycles. The fourth-order valence-electron chi connectivity index (χ4n) is 2.91. The summed E-state index contributed by atoms with van der Waals surface area (Å²) >= 11 is 13.9. The second kappa shape index (κ2) is 8.49. The van der Waals surface area contributed by atoms with Gasteiger partial charge in [0.2, 0.25) is 5.89 Å². The summed E-state index contributed by atoms with van der Waals surface area (Å²) in [5, 5.41) is 1.24. The number of carbonyl (C=O) groups is 1. The van der Waals surface area contributed by atoms with Gasteiger partial charge in [0.05, 0.1) is 34.0 Å². The Balaban J connectivity index is 1.74. The molecule has 0 aromatic carbocycles. The highest BCUT2D eigenvalue weighted by Gasteiger charge is 2.26. The first kappa shape index (κ1) is 21.0. The first-order valence-electron chi connectivity index (χ1n) is 9.25. The maximum absolute atomic E-state index is 11.6. The van der Waals surface area contributed by atoms with Crippen LogP contribution in [0.4, 0.5) is 0 Å². The number of thioether (sulfide) groups is 1. The van der Waals surface area contributed by atoms with Crippen molar-refractivity contribution in [1.29, 1.82) is 0 Å². The minimum atomic E-state index is -0.595. The van der Waals surface area contributed by atoms with E-state index in [0.717, 1.165) is 10.6 Å². The monoisotopic (exact) mass is 460 g/mol. The number of nitrogens with zero attached hydrogens (tertiary/aromatic N) is 4. The third-order valence-corrected chi connectivity index (χ3v) is 5.84. The molecule has 154 valence electrons. The van der Waals surface area contributed by atoms with Gasteiger partial charge < -0.3 is 4.42 Å². The summed E-state index contributed by atoms with van der Waals surface area (Å²) in [6.07, 6.45) is 8.98. The summed E-state index contributed by atoms with van der Waals surface area (Å²) in [6.45, 7) is 4.37. The number of pyridine rings is 1. The third-order valence-electron chi connectivity index (χ3n) is 4.39. The number of halogens is 2. The first-order chi connectivity index (χ1) is 14.3. The van der Waals surface area contributed by atoms with E-state index in [1.807, 2.05) is 25.2 Å². The highest BCUT2D eigenvalue weighted by molar-refractivity contribution is 8.14. The molecule has 0 N–H and O–H groups in total. The Morgan fingerprint density at radius 3 is 2.83 bits per heavy atom. The Morgan fingerprint density at radius 2 is 2.20 bits per heavy atom. The van der Waals surface area contributed by atoms with Crippen LogP contribution in [0.2, 0.25) is 0 Å². The van der Waals surface area contributed by atoms with Gasteiger partial charge in [0.25, 0.3) is 0 Å². The fourth-order valence-corrected chi connectivity index (χ4v) is 4.09. The molecule has 4 heterocycles. The standard InChI is InChI=1S/C21H18Cl2N4O2S/c1-12(28)16-5-3-13(9-25-16)18-20(30-17-6-4-15(22)10-26-17)29-19(27-18)14-7-21(2,23)11-24-8-14/h3-9,15H,10-11H2,1-2H3. The van der Waals surface area contributed by atoms with Crippen molar-refractivity contribution < 1.29 is 9.21 Å². The number of Topliss-reactive ketones (excluding diaryl/α,β-unsaturated/α-hetero) is 1. The molecule has 4 rings (SSSR count). The van der Waals surface area contributed by atoms with Gasteiger partial charge in [0, 0.05) is 24.9 Å². The van der Waals surface area contributed by atoms with Crippen LogP contribution in [0.5, 0.6) is 0 Å². The highest BCUT2D eigenvalue weighted by Crippen LogP contribution is 2.36. The molecule has 2 aromatic heterocycles. The molecule has 2 aliphatic heterocycles. The van der Waals surface area contributed by atoms with Crippen LogP contribution in [0.1, 0.15) is 30.2 Å². The summed E-state index contributed by atoms with van der Waals surface area (Å²) in [7, 11) is 0. The molecule has 2 unspecified atom stereocenters. The zero-order chi connectivity index (χ0) is 21.3.